The van der Waals surface area contributed by atoms with Crippen LogP contribution in [0, 0.1) is 0 Å². The van der Waals surface area contributed by atoms with E-state index < -0.39 is 18.2 Å². The Morgan fingerprint density at radius 3 is 2.61 bits per heavy atom. The molecule has 1 aromatic carbocycles. The Bertz CT molecular complexity index is 554. The average molecular weight is 248 g/mol. The van der Waals surface area contributed by atoms with Crippen molar-refractivity contribution in [2.24, 2.45) is 0 Å². The molecule has 1 fully saturated rings. The standard InChI is InChI=1S/C13H16N2O3/c16-6-10-12(17)13(18)11(15-10)8-5-14-9-4-2-1-3-7(8)9/h1-5,10-18H,6H2/t10-,11-,12+,13+/m1/s1. The molecule has 0 radical (unpaired) electrons. The monoisotopic (exact) mass is 248 g/mol. The van der Waals surface area contributed by atoms with E-state index in [0.29, 0.717) is 0 Å². The summed E-state index contributed by atoms with van der Waals surface area (Å²) >= 11 is 0. The predicted molar refractivity (Wildman–Crippen MR) is 67.1 cm³/mol. The van der Waals surface area contributed by atoms with E-state index in [1.807, 2.05) is 30.5 Å². The van der Waals surface area contributed by atoms with E-state index in [1.54, 1.807) is 0 Å². The van der Waals surface area contributed by atoms with Crippen LogP contribution >= 0.6 is 0 Å². The number of rotatable bonds is 2. The first-order valence-electron chi connectivity index (χ1n) is 6.01. The van der Waals surface area contributed by atoms with Crippen LogP contribution in [0.5, 0.6) is 0 Å². The molecular weight excluding hydrogens is 232 g/mol. The Morgan fingerprint density at radius 2 is 1.89 bits per heavy atom. The zero-order chi connectivity index (χ0) is 12.7. The molecule has 1 aliphatic heterocycles. The van der Waals surface area contributed by atoms with E-state index in [2.05, 4.69) is 10.3 Å². The van der Waals surface area contributed by atoms with Gasteiger partial charge in [0.05, 0.1) is 24.8 Å². The van der Waals surface area contributed by atoms with Crippen molar-refractivity contribution in [3.05, 3.63) is 36.0 Å². The minimum atomic E-state index is -0.950. The van der Waals surface area contributed by atoms with E-state index in [0.717, 1.165) is 16.5 Å². The summed E-state index contributed by atoms with van der Waals surface area (Å²) < 4.78 is 0. The maximum absolute atomic E-state index is 10.1. The second kappa shape index (κ2) is 4.37. The molecule has 2 aromatic rings. The molecule has 5 heteroatoms. The lowest BCUT2D eigenvalue weighted by Crippen LogP contribution is -2.35. The second-order valence-corrected chi connectivity index (χ2v) is 4.70. The smallest absolute Gasteiger partial charge is 0.101 e. The Hall–Kier alpha value is -1.40. The minimum Gasteiger partial charge on any atom is -0.395 e. The Morgan fingerprint density at radius 1 is 1.11 bits per heavy atom. The Kier molecular flexibility index (Phi) is 2.83. The molecule has 18 heavy (non-hydrogen) atoms. The molecule has 3 rings (SSSR count). The number of aliphatic hydroxyl groups is 3. The van der Waals surface area contributed by atoms with Crippen molar-refractivity contribution in [1.82, 2.24) is 10.3 Å². The van der Waals surface area contributed by atoms with Crippen LogP contribution in [-0.2, 0) is 0 Å². The molecule has 0 amide bonds. The fourth-order valence-corrected chi connectivity index (χ4v) is 2.65. The van der Waals surface area contributed by atoms with Gasteiger partial charge in [-0.1, -0.05) is 18.2 Å². The molecule has 2 heterocycles. The Labute approximate surface area is 104 Å². The van der Waals surface area contributed by atoms with E-state index in [4.69, 9.17) is 5.11 Å². The molecule has 1 aliphatic rings. The third kappa shape index (κ3) is 1.64. The number of benzene rings is 1. The molecule has 0 spiro atoms. The van der Waals surface area contributed by atoms with Crippen molar-refractivity contribution in [3.8, 4) is 0 Å². The maximum Gasteiger partial charge on any atom is 0.101 e. The third-order valence-electron chi connectivity index (χ3n) is 3.65. The van der Waals surface area contributed by atoms with Crippen LogP contribution < -0.4 is 5.32 Å². The van der Waals surface area contributed by atoms with Gasteiger partial charge in [-0.3, -0.25) is 0 Å². The molecule has 5 nitrogen and oxygen atoms in total. The van der Waals surface area contributed by atoms with Gasteiger partial charge in [0.2, 0.25) is 0 Å². The third-order valence-corrected chi connectivity index (χ3v) is 3.65. The highest BCUT2D eigenvalue weighted by Gasteiger charge is 2.41. The summed E-state index contributed by atoms with van der Waals surface area (Å²) in [5.41, 5.74) is 1.90. The topological polar surface area (TPSA) is 88.5 Å². The molecule has 96 valence electrons. The van der Waals surface area contributed by atoms with E-state index in [-0.39, 0.29) is 12.6 Å². The lowest BCUT2D eigenvalue weighted by Gasteiger charge is -2.15. The van der Waals surface area contributed by atoms with Crippen molar-refractivity contribution >= 4 is 10.9 Å². The molecule has 4 atom stereocenters. The number of aliphatic hydroxyl groups excluding tert-OH is 3. The molecule has 0 bridgehead atoms. The molecular formula is C13H16N2O3. The lowest BCUT2D eigenvalue weighted by atomic mass is 10.0. The van der Waals surface area contributed by atoms with Gasteiger partial charge in [0, 0.05) is 17.1 Å². The van der Waals surface area contributed by atoms with Crippen molar-refractivity contribution < 1.29 is 15.3 Å². The molecule has 0 saturated carbocycles. The second-order valence-electron chi connectivity index (χ2n) is 4.70. The number of fused-ring (bicyclic) bond motifs is 1. The highest BCUT2D eigenvalue weighted by molar-refractivity contribution is 5.83. The highest BCUT2D eigenvalue weighted by atomic mass is 16.3. The number of aromatic amines is 1. The number of H-pyrrole nitrogens is 1. The van der Waals surface area contributed by atoms with Crippen molar-refractivity contribution in [2.75, 3.05) is 6.61 Å². The van der Waals surface area contributed by atoms with Crippen LogP contribution in [0.4, 0.5) is 0 Å². The van der Waals surface area contributed by atoms with Crippen LogP contribution in [0.2, 0.25) is 0 Å². The van der Waals surface area contributed by atoms with Crippen LogP contribution in [0.3, 0.4) is 0 Å². The van der Waals surface area contributed by atoms with E-state index >= 15 is 0 Å². The van der Waals surface area contributed by atoms with E-state index in [1.165, 1.54) is 0 Å². The summed E-state index contributed by atoms with van der Waals surface area (Å²) in [6.07, 6.45) is -0.0343. The van der Waals surface area contributed by atoms with Crippen LogP contribution in [0.25, 0.3) is 10.9 Å². The number of hydrogen-bond donors (Lipinski definition) is 5. The summed E-state index contributed by atoms with van der Waals surface area (Å²) in [6.45, 7) is -0.197. The van der Waals surface area contributed by atoms with Gasteiger partial charge in [-0.2, -0.15) is 0 Å². The van der Waals surface area contributed by atoms with Gasteiger partial charge >= 0.3 is 0 Å². The summed E-state index contributed by atoms with van der Waals surface area (Å²) in [5, 5.41) is 33.1. The number of nitrogens with one attached hydrogen (secondary N) is 2. The lowest BCUT2D eigenvalue weighted by molar-refractivity contribution is 0.0196. The summed E-state index contributed by atoms with van der Waals surface area (Å²) in [4.78, 5) is 3.14. The van der Waals surface area contributed by atoms with Crippen LogP contribution in [0.1, 0.15) is 11.6 Å². The predicted octanol–water partition coefficient (Wildman–Crippen LogP) is -0.105. The quantitative estimate of drug-likeness (QED) is 0.513. The van der Waals surface area contributed by atoms with Gasteiger partial charge in [-0.05, 0) is 11.6 Å². The summed E-state index contributed by atoms with van der Waals surface area (Å²) in [7, 11) is 0. The van der Waals surface area contributed by atoms with E-state index in [9.17, 15) is 10.2 Å². The fourth-order valence-electron chi connectivity index (χ4n) is 2.65. The normalized spacial score (nSPS) is 32.2. The van der Waals surface area contributed by atoms with Gasteiger partial charge < -0.3 is 25.6 Å². The molecule has 1 aromatic heterocycles. The van der Waals surface area contributed by atoms with Crippen LogP contribution in [-0.4, -0.2) is 45.2 Å². The first-order valence-corrected chi connectivity index (χ1v) is 6.01. The van der Waals surface area contributed by atoms with Gasteiger partial charge in [-0.15, -0.1) is 0 Å². The molecule has 5 N–H and O–H groups in total. The van der Waals surface area contributed by atoms with Crippen LogP contribution in [0.15, 0.2) is 30.5 Å². The molecule has 0 aliphatic carbocycles. The zero-order valence-corrected chi connectivity index (χ0v) is 9.74. The molecule has 0 unspecified atom stereocenters. The van der Waals surface area contributed by atoms with Crippen molar-refractivity contribution in [1.29, 1.82) is 0 Å². The highest BCUT2D eigenvalue weighted by Crippen LogP contribution is 2.32. The fraction of sp³-hybridized carbons (Fsp3) is 0.385. The SMILES string of the molecule is OC[C@H]1N[C@H](c2c[nH]c3ccccc23)[C@H](O)[C@H]1O. The Balaban J connectivity index is 2.00. The number of aromatic nitrogens is 1. The minimum absolute atomic E-state index is 0.197. The van der Waals surface area contributed by atoms with Gasteiger partial charge in [0.25, 0.3) is 0 Å². The summed E-state index contributed by atoms with van der Waals surface area (Å²) in [5.74, 6) is 0. The average Bonchev–Trinajstić information content (AvgIpc) is 2.93. The van der Waals surface area contributed by atoms with Crippen molar-refractivity contribution in [2.45, 2.75) is 24.3 Å². The number of para-hydroxylation sites is 1. The first-order chi connectivity index (χ1) is 8.72. The van der Waals surface area contributed by atoms with Gasteiger partial charge in [0.15, 0.2) is 0 Å². The number of hydrogen-bond acceptors (Lipinski definition) is 4. The summed E-state index contributed by atoms with van der Waals surface area (Å²) in [6, 6.07) is 6.94. The first kappa shape index (κ1) is 11.7. The van der Waals surface area contributed by atoms with Gasteiger partial charge in [0.1, 0.15) is 6.10 Å². The molecule has 1 saturated heterocycles. The zero-order valence-electron chi connectivity index (χ0n) is 9.74. The maximum atomic E-state index is 10.1. The largest absolute Gasteiger partial charge is 0.395 e. The van der Waals surface area contributed by atoms with Crippen molar-refractivity contribution in [3.63, 3.8) is 0 Å². The van der Waals surface area contributed by atoms with Gasteiger partial charge in [-0.25, -0.2) is 0 Å².